The maximum atomic E-state index is 12.9. The van der Waals surface area contributed by atoms with E-state index < -0.39 is 0 Å². The summed E-state index contributed by atoms with van der Waals surface area (Å²) in [5, 5.41) is 1.90. The van der Waals surface area contributed by atoms with Crippen molar-refractivity contribution in [2.24, 2.45) is 0 Å². The maximum absolute atomic E-state index is 12.9. The average molecular weight is 353 g/mol. The van der Waals surface area contributed by atoms with Crippen LogP contribution in [-0.4, -0.2) is 22.3 Å². The normalized spacial score (nSPS) is 17.8. The molecule has 3 aromatic rings. The number of hydrogen-bond acceptors (Lipinski definition) is 1. The van der Waals surface area contributed by atoms with Crippen molar-refractivity contribution in [3.8, 4) is 0 Å². The van der Waals surface area contributed by atoms with Crippen LogP contribution in [0.4, 0.5) is 0 Å². The molecule has 0 aliphatic carbocycles. The average Bonchev–Trinajstić information content (AvgIpc) is 3.07. The van der Waals surface area contributed by atoms with E-state index >= 15 is 0 Å². The van der Waals surface area contributed by atoms with Gasteiger partial charge in [0, 0.05) is 22.8 Å². The number of carbonyl (C=O) groups is 1. The van der Waals surface area contributed by atoms with Gasteiger partial charge in [-0.1, -0.05) is 41.9 Å². The number of halogens is 1. The molecule has 0 bridgehead atoms. The number of likely N-dealkylation sites (tertiary alicyclic amines) is 1. The Hall–Kier alpha value is -2.26. The largest absolute Gasteiger partial charge is 0.357 e. The summed E-state index contributed by atoms with van der Waals surface area (Å²) in [5.41, 5.74) is 3.29. The minimum absolute atomic E-state index is 0.140. The van der Waals surface area contributed by atoms with Crippen molar-refractivity contribution >= 4 is 28.4 Å². The fourth-order valence-electron chi connectivity index (χ4n) is 3.71. The summed E-state index contributed by atoms with van der Waals surface area (Å²) in [6.07, 6.45) is 3.67. The zero-order valence-electron chi connectivity index (χ0n) is 14.0. The molecule has 0 saturated carbocycles. The first-order valence-corrected chi connectivity index (χ1v) is 9.20. The maximum Gasteiger partial charge on any atom is 0.227 e. The van der Waals surface area contributed by atoms with Gasteiger partial charge in [0.2, 0.25) is 5.91 Å². The van der Waals surface area contributed by atoms with Crippen molar-refractivity contribution in [2.75, 3.05) is 6.54 Å². The summed E-state index contributed by atoms with van der Waals surface area (Å²) in [7, 11) is 0. The summed E-state index contributed by atoms with van der Waals surface area (Å²) in [4.78, 5) is 18.5. The first kappa shape index (κ1) is 16.2. The van der Waals surface area contributed by atoms with Gasteiger partial charge in [0.25, 0.3) is 0 Å². The molecule has 1 aromatic heterocycles. The van der Waals surface area contributed by atoms with Crippen molar-refractivity contribution in [3.63, 3.8) is 0 Å². The first-order chi connectivity index (χ1) is 12.2. The molecule has 4 heteroatoms. The monoisotopic (exact) mass is 352 g/mol. The minimum atomic E-state index is 0.140. The van der Waals surface area contributed by atoms with E-state index in [1.807, 2.05) is 41.3 Å². The van der Waals surface area contributed by atoms with Crippen LogP contribution in [0.15, 0.2) is 54.6 Å². The number of H-pyrrole nitrogens is 1. The highest BCUT2D eigenvalue weighted by atomic mass is 35.5. The number of aromatic nitrogens is 1. The Bertz CT molecular complexity index is 851. The predicted molar refractivity (Wildman–Crippen MR) is 102 cm³/mol. The molecule has 3 nitrogen and oxygen atoms in total. The highest BCUT2D eigenvalue weighted by Crippen LogP contribution is 2.32. The van der Waals surface area contributed by atoms with Crippen molar-refractivity contribution < 1.29 is 4.79 Å². The number of nitrogens with one attached hydrogen (secondary N) is 1. The van der Waals surface area contributed by atoms with Gasteiger partial charge in [-0.15, -0.1) is 0 Å². The molecule has 1 fully saturated rings. The van der Waals surface area contributed by atoms with Gasteiger partial charge in [-0.05, 0) is 54.5 Å². The SMILES string of the molecule is O=C(Cc1ccc(Cl)cc1)N1CCCCC1c1cc2ccccc2[nH]1. The van der Waals surface area contributed by atoms with Gasteiger partial charge >= 0.3 is 0 Å². The number of nitrogens with zero attached hydrogens (tertiary/aromatic N) is 1. The molecule has 1 saturated heterocycles. The molecule has 128 valence electrons. The van der Waals surface area contributed by atoms with E-state index in [1.165, 1.54) is 5.39 Å². The fourth-order valence-corrected chi connectivity index (χ4v) is 3.83. The third-order valence-electron chi connectivity index (χ3n) is 5.00. The summed E-state index contributed by atoms with van der Waals surface area (Å²) in [5.74, 6) is 0.186. The number of rotatable bonds is 3. The van der Waals surface area contributed by atoms with E-state index in [1.54, 1.807) is 0 Å². The molecule has 0 spiro atoms. The zero-order valence-corrected chi connectivity index (χ0v) is 14.8. The molecule has 2 aromatic carbocycles. The van der Waals surface area contributed by atoms with E-state index in [-0.39, 0.29) is 11.9 Å². The lowest BCUT2D eigenvalue weighted by Crippen LogP contribution is -2.39. The predicted octanol–water partition coefficient (Wildman–Crippen LogP) is 5.12. The molecule has 1 N–H and O–H groups in total. The van der Waals surface area contributed by atoms with Crippen LogP contribution in [0.25, 0.3) is 10.9 Å². The molecule has 1 amide bonds. The van der Waals surface area contributed by atoms with Gasteiger partial charge in [-0.3, -0.25) is 4.79 Å². The number of aromatic amines is 1. The molecule has 1 unspecified atom stereocenters. The van der Waals surface area contributed by atoms with Crippen LogP contribution in [-0.2, 0) is 11.2 Å². The number of benzene rings is 2. The third kappa shape index (κ3) is 3.42. The molecule has 1 aliphatic heterocycles. The van der Waals surface area contributed by atoms with Crippen LogP contribution >= 0.6 is 11.6 Å². The molecule has 4 rings (SSSR count). The van der Waals surface area contributed by atoms with Crippen molar-refractivity contribution in [3.05, 3.63) is 70.9 Å². The molecular formula is C21H21ClN2O. The summed E-state index contributed by atoms with van der Waals surface area (Å²) < 4.78 is 0. The standard InChI is InChI=1S/C21H21ClN2O/c22-17-10-8-15(9-11-17)13-21(25)24-12-4-3-7-20(24)19-14-16-5-1-2-6-18(16)23-19/h1-2,5-6,8-11,14,20,23H,3-4,7,12-13H2. The number of para-hydroxylation sites is 1. The van der Waals surface area contributed by atoms with Gasteiger partial charge in [-0.25, -0.2) is 0 Å². The number of carbonyl (C=O) groups excluding carboxylic acids is 1. The van der Waals surface area contributed by atoms with Crippen LogP contribution in [0.5, 0.6) is 0 Å². The van der Waals surface area contributed by atoms with Gasteiger partial charge in [0.05, 0.1) is 12.5 Å². The van der Waals surface area contributed by atoms with E-state index in [0.29, 0.717) is 11.4 Å². The van der Waals surface area contributed by atoms with E-state index in [0.717, 1.165) is 42.6 Å². The van der Waals surface area contributed by atoms with Gasteiger partial charge in [-0.2, -0.15) is 0 Å². The lowest BCUT2D eigenvalue weighted by molar-refractivity contribution is -0.134. The molecule has 1 atom stereocenters. The Morgan fingerprint density at radius 1 is 1.12 bits per heavy atom. The van der Waals surface area contributed by atoms with Crippen LogP contribution in [0, 0.1) is 0 Å². The van der Waals surface area contributed by atoms with E-state index in [9.17, 15) is 4.79 Å². The Morgan fingerprint density at radius 2 is 1.92 bits per heavy atom. The summed E-state index contributed by atoms with van der Waals surface area (Å²) in [6.45, 7) is 0.826. The van der Waals surface area contributed by atoms with Gasteiger partial charge in [0.15, 0.2) is 0 Å². The number of amides is 1. The second kappa shape index (κ2) is 6.93. The zero-order chi connectivity index (χ0) is 17.2. The molecule has 25 heavy (non-hydrogen) atoms. The number of fused-ring (bicyclic) bond motifs is 1. The lowest BCUT2D eigenvalue weighted by atomic mass is 9.98. The van der Waals surface area contributed by atoms with Crippen LogP contribution < -0.4 is 0 Å². The van der Waals surface area contributed by atoms with E-state index in [2.05, 4.69) is 23.2 Å². The van der Waals surface area contributed by atoms with Crippen LogP contribution in [0.1, 0.15) is 36.6 Å². The van der Waals surface area contributed by atoms with Crippen molar-refractivity contribution in [2.45, 2.75) is 31.7 Å². The summed E-state index contributed by atoms with van der Waals surface area (Å²) in [6, 6.07) is 18.2. The Labute approximate surface area is 152 Å². The van der Waals surface area contributed by atoms with Gasteiger partial charge < -0.3 is 9.88 Å². The Balaban J connectivity index is 1.57. The second-order valence-corrected chi connectivity index (χ2v) is 7.15. The van der Waals surface area contributed by atoms with Crippen LogP contribution in [0.2, 0.25) is 5.02 Å². The fraction of sp³-hybridized carbons (Fsp3) is 0.286. The van der Waals surface area contributed by atoms with Crippen molar-refractivity contribution in [1.29, 1.82) is 0 Å². The summed E-state index contributed by atoms with van der Waals surface area (Å²) >= 11 is 5.94. The smallest absolute Gasteiger partial charge is 0.227 e. The van der Waals surface area contributed by atoms with Crippen LogP contribution in [0.3, 0.4) is 0 Å². The molecular weight excluding hydrogens is 332 g/mol. The molecule has 2 heterocycles. The third-order valence-corrected chi connectivity index (χ3v) is 5.25. The quantitative estimate of drug-likeness (QED) is 0.698. The number of piperidine rings is 1. The first-order valence-electron chi connectivity index (χ1n) is 8.82. The lowest BCUT2D eigenvalue weighted by Gasteiger charge is -2.35. The Morgan fingerprint density at radius 3 is 2.72 bits per heavy atom. The molecule has 0 radical (unpaired) electrons. The van der Waals surface area contributed by atoms with Gasteiger partial charge in [0.1, 0.15) is 0 Å². The second-order valence-electron chi connectivity index (χ2n) is 6.71. The van der Waals surface area contributed by atoms with Crippen molar-refractivity contribution in [1.82, 2.24) is 9.88 Å². The topological polar surface area (TPSA) is 36.1 Å². The van der Waals surface area contributed by atoms with E-state index in [4.69, 9.17) is 11.6 Å². The number of hydrogen-bond donors (Lipinski definition) is 1. The highest BCUT2D eigenvalue weighted by molar-refractivity contribution is 6.30. The Kier molecular flexibility index (Phi) is 4.50. The minimum Gasteiger partial charge on any atom is -0.357 e. The molecule has 1 aliphatic rings. The highest BCUT2D eigenvalue weighted by Gasteiger charge is 2.29.